The van der Waals surface area contributed by atoms with Crippen LogP contribution in [0.25, 0.3) is 0 Å². The standard InChI is InChI=1S/C19H20N4O6S/c20-30(26,27)15-4-1-13(2-5-15)10-21-18(24)11-22-7-8-23(19(22)25)14-3-6-16-17(9-14)29-12-28-16/h1-6,9H,7-8,10-12H2,(H,21,24)(H2,20,26,27). The molecule has 0 atom stereocenters. The van der Waals surface area contributed by atoms with E-state index in [1.54, 1.807) is 35.2 Å². The van der Waals surface area contributed by atoms with Crippen molar-refractivity contribution in [2.24, 2.45) is 5.14 Å². The fourth-order valence-corrected chi connectivity index (χ4v) is 3.76. The molecular weight excluding hydrogens is 412 g/mol. The first-order valence-electron chi connectivity index (χ1n) is 9.16. The van der Waals surface area contributed by atoms with E-state index in [2.05, 4.69) is 5.32 Å². The molecule has 0 radical (unpaired) electrons. The Bertz CT molecular complexity index is 1090. The average molecular weight is 432 g/mol. The number of nitrogens with zero attached hydrogens (tertiary/aromatic N) is 2. The average Bonchev–Trinajstić information content (AvgIpc) is 3.32. The van der Waals surface area contributed by atoms with Gasteiger partial charge in [0.25, 0.3) is 0 Å². The lowest BCUT2D eigenvalue weighted by Gasteiger charge is -2.18. The number of fused-ring (bicyclic) bond motifs is 1. The summed E-state index contributed by atoms with van der Waals surface area (Å²) < 4.78 is 33.2. The Morgan fingerprint density at radius 1 is 1.07 bits per heavy atom. The Morgan fingerprint density at radius 3 is 2.53 bits per heavy atom. The summed E-state index contributed by atoms with van der Waals surface area (Å²) in [5.41, 5.74) is 1.40. The topological polar surface area (TPSA) is 131 Å². The first-order valence-corrected chi connectivity index (χ1v) is 10.7. The summed E-state index contributed by atoms with van der Waals surface area (Å²) in [4.78, 5) is 28.0. The van der Waals surface area contributed by atoms with Crippen molar-refractivity contribution in [2.75, 3.05) is 31.3 Å². The molecule has 0 spiro atoms. The van der Waals surface area contributed by atoms with Crippen molar-refractivity contribution in [3.05, 3.63) is 48.0 Å². The number of ether oxygens (including phenoxy) is 2. The summed E-state index contributed by atoms with van der Waals surface area (Å²) >= 11 is 0. The van der Waals surface area contributed by atoms with Crippen LogP contribution in [0.1, 0.15) is 5.56 Å². The third-order valence-electron chi connectivity index (χ3n) is 4.84. The van der Waals surface area contributed by atoms with Crippen molar-refractivity contribution in [1.29, 1.82) is 0 Å². The van der Waals surface area contributed by atoms with Crippen LogP contribution in [-0.4, -0.2) is 51.7 Å². The van der Waals surface area contributed by atoms with Gasteiger partial charge >= 0.3 is 6.03 Å². The highest BCUT2D eigenvalue weighted by Crippen LogP contribution is 2.36. The van der Waals surface area contributed by atoms with E-state index in [0.717, 1.165) is 0 Å². The lowest BCUT2D eigenvalue weighted by molar-refractivity contribution is -0.121. The highest BCUT2D eigenvalue weighted by atomic mass is 32.2. The van der Waals surface area contributed by atoms with Gasteiger partial charge in [0.05, 0.1) is 4.90 Å². The van der Waals surface area contributed by atoms with Gasteiger partial charge in [0.1, 0.15) is 6.54 Å². The molecule has 158 valence electrons. The van der Waals surface area contributed by atoms with Crippen LogP contribution in [0.5, 0.6) is 11.5 Å². The molecule has 2 aliphatic rings. The molecule has 3 amide bonds. The number of anilines is 1. The van der Waals surface area contributed by atoms with Crippen molar-refractivity contribution < 1.29 is 27.5 Å². The minimum atomic E-state index is -3.76. The SMILES string of the molecule is NS(=O)(=O)c1ccc(CNC(=O)CN2CCN(c3ccc4c(c3)OCO4)C2=O)cc1. The maximum atomic E-state index is 12.7. The van der Waals surface area contributed by atoms with Gasteiger partial charge in [0, 0.05) is 31.4 Å². The van der Waals surface area contributed by atoms with E-state index in [1.807, 2.05) is 0 Å². The van der Waals surface area contributed by atoms with Gasteiger partial charge in [0.2, 0.25) is 22.7 Å². The summed E-state index contributed by atoms with van der Waals surface area (Å²) in [6.07, 6.45) is 0. The normalized spacial score (nSPS) is 15.6. The molecule has 0 aromatic heterocycles. The Hall–Kier alpha value is -3.31. The second-order valence-electron chi connectivity index (χ2n) is 6.86. The molecule has 3 N–H and O–H groups in total. The predicted octanol–water partition coefficient (Wildman–Crippen LogP) is 0.621. The number of carbonyl (C=O) groups excluding carboxylic acids is 2. The monoisotopic (exact) mass is 432 g/mol. The smallest absolute Gasteiger partial charge is 0.325 e. The minimum Gasteiger partial charge on any atom is -0.454 e. The van der Waals surface area contributed by atoms with Gasteiger partial charge in [-0.15, -0.1) is 0 Å². The lowest BCUT2D eigenvalue weighted by Crippen LogP contribution is -2.39. The van der Waals surface area contributed by atoms with E-state index >= 15 is 0 Å². The highest BCUT2D eigenvalue weighted by molar-refractivity contribution is 7.89. The van der Waals surface area contributed by atoms with Crippen molar-refractivity contribution in [3.8, 4) is 11.5 Å². The fourth-order valence-electron chi connectivity index (χ4n) is 3.25. The van der Waals surface area contributed by atoms with E-state index in [1.165, 1.54) is 17.0 Å². The van der Waals surface area contributed by atoms with E-state index < -0.39 is 10.0 Å². The summed E-state index contributed by atoms with van der Waals surface area (Å²) in [6.45, 7) is 1.17. The third kappa shape index (κ3) is 4.16. The molecule has 2 aliphatic heterocycles. The Balaban J connectivity index is 1.31. The molecule has 0 bridgehead atoms. The summed E-state index contributed by atoms with van der Waals surface area (Å²) in [7, 11) is -3.76. The van der Waals surface area contributed by atoms with Crippen LogP contribution in [0.15, 0.2) is 47.4 Å². The Labute approximate surface area is 173 Å². The summed E-state index contributed by atoms with van der Waals surface area (Å²) in [5.74, 6) is 0.912. The molecule has 1 fully saturated rings. The zero-order valence-corrected chi connectivity index (χ0v) is 16.7. The Kier molecular flexibility index (Phi) is 5.22. The van der Waals surface area contributed by atoms with Crippen LogP contribution >= 0.6 is 0 Å². The number of nitrogens with two attached hydrogens (primary N) is 1. The van der Waals surface area contributed by atoms with Gasteiger partial charge in [-0.1, -0.05) is 12.1 Å². The first-order chi connectivity index (χ1) is 14.3. The number of hydrogen-bond donors (Lipinski definition) is 2. The molecule has 10 nitrogen and oxygen atoms in total. The second kappa shape index (κ2) is 7.84. The molecule has 1 saturated heterocycles. The van der Waals surface area contributed by atoms with Gasteiger partial charge in [-0.05, 0) is 29.8 Å². The van der Waals surface area contributed by atoms with Crippen LogP contribution in [0.3, 0.4) is 0 Å². The van der Waals surface area contributed by atoms with Crippen LogP contribution in [-0.2, 0) is 21.4 Å². The number of urea groups is 1. The van der Waals surface area contributed by atoms with Crippen LogP contribution in [0, 0.1) is 0 Å². The lowest BCUT2D eigenvalue weighted by atomic mass is 10.2. The minimum absolute atomic E-state index is 0.00356. The van der Waals surface area contributed by atoms with Crippen molar-refractivity contribution in [2.45, 2.75) is 11.4 Å². The van der Waals surface area contributed by atoms with E-state index in [4.69, 9.17) is 14.6 Å². The quantitative estimate of drug-likeness (QED) is 0.688. The van der Waals surface area contributed by atoms with E-state index in [-0.39, 0.29) is 36.7 Å². The number of nitrogens with one attached hydrogen (secondary N) is 1. The third-order valence-corrected chi connectivity index (χ3v) is 5.77. The van der Waals surface area contributed by atoms with Gasteiger partial charge < -0.3 is 19.7 Å². The largest absolute Gasteiger partial charge is 0.454 e. The Morgan fingerprint density at radius 2 is 1.80 bits per heavy atom. The van der Waals surface area contributed by atoms with Crippen molar-refractivity contribution in [1.82, 2.24) is 10.2 Å². The number of amides is 3. The molecule has 0 aliphatic carbocycles. The molecule has 30 heavy (non-hydrogen) atoms. The van der Waals surface area contributed by atoms with E-state index in [9.17, 15) is 18.0 Å². The molecule has 2 aromatic carbocycles. The highest BCUT2D eigenvalue weighted by Gasteiger charge is 2.31. The molecule has 4 rings (SSSR count). The summed E-state index contributed by atoms with van der Waals surface area (Å²) in [6, 6.07) is 10.9. The zero-order chi connectivity index (χ0) is 21.3. The number of hydrogen-bond acceptors (Lipinski definition) is 6. The van der Waals surface area contributed by atoms with Crippen LogP contribution in [0.2, 0.25) is 0 Å². The zero-order valence-electron chi connectivity index (χ0n) is 15.9. The number of carbonyl (C=O) groups is 2. The maximum Gasteiger partial charge on any atom is 0.325 e. The predicted molar refractivity (Wildman–Crippen MR) is 107 cm³/mol. The molecular formula is C19H20N4O6S. The number of rotatable bonds is 6. The van der Waals surface area contributed by atoms with Gasteiger partial charge in [-0.3, -0.25) is 9.69 Å². The molecule has 2 aromatic rings. The number of benzene rings is 2. The molecule has 0 saturated carbocycles. The number of primary sulfonamides is 1. The fraction of sp³-hybridized carbons (Fsp3) is 0.263. The maximum absolute atomic E-state index is 12.7. The molecule has 0 unspecified atom stereocenters. The van der Waals surface area contributed by atoms with Crippen LogP contribution in [0.4, 0.5) is 10.5 Å². The molecule has 11 heteroatoms. The van der Waals surface area contributed by atoms with Gasteiger partial charge in [-0.2, -0.15) is 0 Å². The van der Waals surface area contributed by atoms with Crippen molar-refractivity contribution >= 4 is 27.6 Å². The number of sulfonamides is 1. The van der Waals surface area contributed by atoms with Crippen LogP contribution < -0.4 is 24.8 Å². The summed E-state index contributed by atoms with van der Waals surface area (Å²) in [5, 5.41) is 7.79. The first kappa shape index (κ1) is 20.0. The second-order valence-corrected chi connectivity index (χ2v) is 8.42. The molecule has 2 heterocycles. The van der Waals surface area contributed by atoms with Gasteiger partial charge in [-0.25, -0.2) is 18.4 Å². The van der Waals surface area contributed by atoms with Gasteiger partial charge in [0.15, 0.2) is 11.5 Å². The van der Waals surface area contributed by atoms with E-state index in [0.29, 0.717) is 35.8 Å². The van der Waals surface area contributed by atoms with Crippen molar-refractivity contribution in [3.63, 3.8) is 0 Å².